The number of amides is 3. The number of hydrogen-bond acceptors (Lipinski definition) is 4. The highest BCUT2D eigenvalue weighted by Gasteiger charge is 2.29. The molecule has 3 amide bonds. The number of hydrogen-bond donors (Lipinski definition) is 3. The van der Waals surface area contributed by atoms with E-state index in [0.29, 0.717) is 12.1 Å². The minimum absolute atomic E-state index is 0.0541. The third-order valence-corrected chi connectivity index (χ3v) is 5.19. The molecule has 0 aliphatic carbocycles. The van der Waals surface area contributed by atoms with Crippen molar-refractivity contribution in [2.24, 2.45) is 0 Å². The first kappa shape index (κ1) is 17.2. The van der Waals surface area contributed by atoms with E-state index >= 15 is 0 Å². The largest absolute Gasteiger partial charge is 0.334 e. The van der Waals surface area contributed by atoms with Crippen molar-refractivity contribution in [2.45, 2.75) is 25.4 Å². The van der Waals surface area contributed by atoms with E-state index < -0.39 is 39.7 Å². The fourth-order valence-corrected chi connectivity index (χ4v) is 3.86. The number of carbonyl (C=O) groups is 2. The number of anilines is 1. The van der Waals surface area contributed by atoms with Gasteiger partial charge in [-0.2, -0.15) is 0 Å². The molecule has 2 atom stereocenters. The number of sulfone groups is 1. The monoisotopic (exact) mass is 343 g/mol. The Morgan fingerprint density at radius 1 is 1.26 bits per heavy atom. The van der Waals surface area contributed by atoms with Gasteiger partial charge in [0.2, 0.25) is 5.91 Å². The molecule has 1 heterocycles. The number of halogens is 1. The summed E-state index contributed by atoms with van der Waals surface area (Å²) in [5.41, 5.74) is 0.410. The van der Waals surface area contributed by atoms with Gasteiger partial charge in [-0.3, -0.25) is 4.79 Å². The maximum Gasteiger partial charge on any atom is 0.315 e. The van der Waals surface area contributed by atoms with Crippen molar-refractivity contribution >= 4 is 27.5 Å². The van der Waals surface area contributed by atoms with E-state index in [0.717, 1.165) is 0 Å². The van der Waals surface area contributed by atoms with Gasteiger partial charge in [-0.05, 0) is 37.6 Å². The second-order valence-electron chi connectivity index (χ2n) is 5.44. The Morgan fingerprint density at radius 2 is 1.91 bits per heavy atom. The standard InChI is InChI=1S/C14H18FN3O4S/c1-9(13(19)17-11-4-2-10(15)3-5-11)16-14(20)18-12-6-7-23(21,22)8-12/h2-5,9,12H,6-8H2,1H3,(H,17,19)(H2,16,18,20)/t9-,12?/m1/s1. The van der Waals surface area contributed by atoms with Gasteiger partial charge in [-0.1, -0.05) is 0 Å². The SMILES string of the molecule is C[C@@H](NC(=O)NC1CCS(=O)(=O)C1)C(=O)Nc1ccc(F)cc1. The molecule has 0 spiro atoms. The van der Waals surface area contributed by atoms with Gasteiger partial charge in [0.15, 0.2) is 9.84 Å². The van der Waals surface area contributed by atoms with Crippen LogP contribution in [0.2, 0.25) is 0 Å². The van der Waals surface area contributed by atoms with Crippen molar-refractivity contribution in [2.75, 3.05) is 16.8 Å². The van der Waals surface area contributed by atoms with E-state index in [2.05, 4.69) is 16.0 Å². The third-order valence-electron chi connectivity index (χ3n) is 3.42. The lowest BCUT2D eigenvalue weighted by molar-refractivity contribution is -0.117. The molecule has 1 aliphatic rings. The lowest BCUT2D eigenvalue weighted by atomic mass is 10.2. The lowest BCUT2D eigenvalue weighted by Gasteiger charge is -2.17. The normalized spacial score (nSPS) is 20.5. The molecule has 23 heavy (non-hydrogen) atoms. The summed E-state index contributed by atoms with van der Waals surface area (Å²) in [5, 5.41) is 7.50. The van der Waals surface area contributed by atoms with Crippen molar-refractivity contribution in [3.63, 3.8) is 0 Å². The van der Waals surface area contributed by atoms with Gasteiger partial charge in [0, 0.05) is 11.7 Å². The van der Waals surface area contributed by atoms with Crippen LogP contribution in [0, 0.1) is 5.82 Å². The van der Waals surface area contributed by atoms with Crippen LogP contribution in [0.15, 0.2) is 24.3 Å². The van der Waals surface area contributed by atoms with E-state index in [1.165, 1.54) is 31.2 Å². The number of nitrogens with one attached hydrogen (secondary N) is 3. The molecule has 9 heteroatoms. The maximum absolute atomic E-state index is 12.8. The number of rotatable bonds is 4. The van der Waals surface area contributed by atoms with Crippen LogP contribution in [-0.4, -0.2) is 43.9 Å². The van der Waals surface area contributed by atoms with Crippen LogP contribution < -0.4 is 16.0 Å². The molecule has 0 aromatic heterocycles. The van der Waals surface area contributed by atoms with Crippen LogP contribution in [-0.2, 0) is 14.6 Å². The summed E-state index contributed by atoms with van der Waals surface area (Å²) in [6.07, 6.45) is 0.367. The maximum atomic E-state index is 12.8. The minimum atomic E-state index is -3.08. The Kier molecular flexibility index (Phi) is 5.19. The zero-order valence-corrected chi connectivity index (χ0v) is 13.3. The van der Waals surface area contributed by atoms with Gasteiger partial charge < -0.3 is 16.0 Å². The summed E-state index contributed by atoms with van der Waals surface area (Å²) in [6, 6.07) is 3.36. The molecule has 1 saturated heterocycles. The first-order valence-corrected chi connectivity index (χ1v) is 8.91. The Labute approximate surface area is 133 Å². The fourth-order valence-electron chi connectivity index (χ4n) is 2.18. The van der Waals surface area contributed by atoms with Crippen molar-refractivity contribution in [3.05, 3.63) is 30.1 Å². The molecule has 126 valence electrons. The molecule has 0 radical (unpaired) electrons. The quantitative estimate of drug-likeness (QED) is 0.746. The number of carbonyl (C=O) groups excluding carboxylic acids is 2. The first-order valence-electron chi connectivity index (χ1n) is 7.09. The molecule has 1 aromatic rings. The predicted octanol–water partition coefficient (Wildman–Crippen LogP) is 0.639. The van der Waals surface area contributed by atoms with E-state index in [1.54, 1.807) is 0 Å². The van der Waals surface area contributed by atoms with Gasteiger partial charge >= 0.3 is 6.03 Å². The molecule has 7 nitrogen and oxygen atoms in total. The topological polar surface area (TPSA) is 104 Å². The smallest absolute Gasteiger partial charge is 0.315 e. The Hall–Kier alpha value is -2.16. The molecule has 1 fully saturated rings. The van der Waals surface area contributed by atoms with Crippen molar-refractivity contribution in [1.29, 1.82) is 0 Å². The molecular formula is C14H18FN3O4S. The average Bonchev–Trinajstić information content (AvgIpc) is 2.80. The second kappa shape index (κ2) is 6.95. The van der Waals surface area contributed by atoms with Crippen LogP contribution in [0.1, 0.15) is 13.3 Å². The van der Waals surface area contributed by atoms with Crippen molar-refractivity contribution < 1.29 is 22.4 Å². The van der Waals surface area contributed by atoms with Crippen LogP contribution in [0.4, 0.5) is 14.9 Å². The van der Waals surface area contributed by atoms with Crippen LogP contribution in [0.25, 0.3) is 0 Å². The predicted molar refractivity (Wildman–Crippen MR) is 83.2 cm³/mol. The molecular weight excluding hydrogens is 325 g/mol. The molecule has 1 aromatic carbocycles. The van der Waals surface area contributed by atoms with E-state index in [4.69, 9.17) is 0 Å². The highest BCUT2D eigenvalue weighted by Crippen LogP contribution is 2.11. The van der Waals surface area contributed by atoms with Crippen LogP contribution in [0.3, 0.4) is 0 Å². The van der Waals surface area contributed by atoms with Crippen molar-refractivity contribution in [3.8, 4) is 0 Å². The summed E-state index contributed by atoms with van der Waals surface area (Å²) >= 11 is 0. The van der Waals surface area contributed by atoms with Crippen LogP contribution >= 0.6 is 0 Å². The molecule has 1 unspecified atom stereocenters. The summed E-state index contributed by atoms with van der Waals surface area (Å²) in [6.45, 7) is 1.49. The number of benzene rings is 1. The van der Waals surface area contributed by atoms with Gasteiger partial charge in [0.1, 0.15) is 11.9 Å². The first-order chi connectivity index (χ1) is 10.7. The Balaban J connectivity index is 1.81. The summed E-state index contributed by atoms with van der Waals surface area (Å²) in [5.74, 6) is -0.916. The van der Waals surface area contributed by atoms with Gasteiger partial charge in [0.25, 0.3) is 0 Å². The fraction of sp³-hybridized carbons (Fsp3) is 0.429. The highest BCUT2D eigenvalue weighted by molar-refractivity contribution is 7.91. The highest BCUT2D eigenvalue weighted by atomic mass is 32.2. The number of urea groups is 1. The second-order valence-corrected chi connectivity index (χ2v) is 7.66. The summed E-state index contributed by atoms with van der Waals surface area (Å²) < 4.78 is 35.4. The molecule has 3 N–H and O–H groups in total. The van der Waals surface area contributed by atoms with Gasteiger partial charge in [-0.15, -0.1) is 0 Å². The molecule has 0 bridgehead atoms. The van der Waals surface area contributed by atoms with E-state index in [1.807, 2.05) is 0 Å². The van der Waals surface area contributed by atoms with E-state index in [-0.39, 0.29) is 11.5 Å². The lowest BCUT2D eigenvalue weighted by Crippen LogP contribution is -2.49. The summed E-state index contributed by atoms with van der Waals surface area (Å²) in [4.78, 5) is 23.7. The van der Waals surface area contributed by atoms with Crippen LogP contribution in [0.5, 0.6) is 0 Å². The third kappa shape index (κ3) is 5.20. The van der Waals surface area contributed by atoms with E-state index in [9.17, 15) is 22.4 Å². The zero-order valence-electron chi connectivity index (χ0n) is 12.5. The summed E-state index contributed by atoms with van der Waals surface area (Å²) in [7, 11) is -3.08. The Morgan fingerprint density at radius 3 is 2.48 bits per heavy atom. The average molecular weight is 343 g/mol. The molecule has 2 rings (SSSR count). The van der Waals surface area contributed by atoms with Gasteiger partial charge in [-0.25, -0.2) is 17.6 Å². The minimum Gasteiger partial charge on any atom is -0.334 e. The van der Waals surface area contributed by atoms with Crippen molar-refractivity contribution in [1.82, 2.24) is 10.6 Å². The Bertz CT molecular complexity index is 690. The molecule has 0 saturated carbocycles. The van der Waals surface area contributed by atoms with Gasteiger partial charge in [0.05, 0.1) is 11.5 Å². The zero-order chi connectivity index (χ0) is 17.0. The molecule has 1 aliphatic heterocycles.